The molecule has 0 fully saturated rings. The molecule has 1 unspecified atom stereocenters. The van der Waals surface area contributed by atoms with Crippen LogP contribution in [0.4, 0.5) is 0 Å². The number of amides is 2. The monoisotopic (exact) mass is 312 g/mol. The molecule has 3 N–H and O–H groups in total. The molecule has 0 aromatic carbocycles. The summed E-state index contributed by atoms with van der Waals surface area (Å²) < 4.78 is 0. The quantitative estimate of drug-likeness (QED) is 0.684. The van der Waals surface area contributed by atoms with E-state index >= 15 is 0 Å². The number of thiophene rings is 1. The molecule has 1 rings (SSSR count). The third-order valence-corrected chi connectivity index (χ3v) is 3.80. The second kappa shape index (κ2) is 8.14. The molecule has 0 aliphatic rings. The number of rotatable bonds is 8. The summed E-state index contributed by atoms with van der Waals surface area (Å²) in [6.45, 7) is 5.99. The highest BCUT2D eigenvalue weighted by Gasteiger charge is 2.21. The molecule has 1 aromatic rings. The second-order valence-electron chi connectivity index (χ2n) is 5.90. The fourth-order valence-corrected chi connectivity index (χ4v) is 2.33. The van der Waals surface area contributed by atoms with Crippen LogP contribution in [0.2, 0.25) is 0 Å². The molecule has 5 nitrogen and oxygen atoms in total. The minimum absolute atomic E-state index is 0.0884. The first-order valence-electron chi connectivity index (χ1n) is 7.09. The van der Waals surface area contributed by atoms with Gasteiger partial charge >= 0.3 is 0 Å². The van der Waals surface area contributed by atoms with E-state index in [1.807, 2.05) is 0 Å². The normalized spacial score (nSPS) is 13.8. The Labute approximate surface area is 129 Å². The van der Waals surface area contributed by atoms with Crippen molar-refractivity contribution < 1.29 is 14.7 Å². The predicted molar refractivity (Wildman–Crippen MR) is 84.4 cm³/mol. The van der Waals surface area contributed by atoms with Crippen molar-refractivity contribution in [3.8, 4) is 0 Å². The number of hydrogen-bond acceptors (Lipinski definition) is 4. The smallest absolute Gasteiger partial charge is 0.252 e. The lowest BCUT2D eigenvalue weighted by Gasteiger charge is -2.24. The number of carbonyl (C=O) groups excluding carboxylic acids is 2. The van der Waals surface area contributed by atoms with Gasteiger partial charge in [0.05, 0.1) is 12.1 Å². The lowest BCUT2D eigenvalue weighted by Crippen LogP contribution is -2.44. The number of aliphatic hydroxyl groups is 1. The Morgan fingerprint density at radius 3 is 2.67 bits per heavy atom. The van der Waals surface area contributed by atoms with Crippen LogP contribution in [0, 0.1) is 5.92 Å². The van der Waals surface area contributed by atoms with Gasteiger partial charge in [-0.1, -0.05) is 13.8 Å². The van der Waals surface area contributed by atoms with Crippen LogP contribution < -0.4 is 10.6 Å². The molecule has 0 radical (unpaired) electrons. The summed E-state index contributed by atoms with van der Waals surface area (Å²) >= 11 is 1.43. The van der Waals surface area contributed by atoms with Crippen molar-refractivity contribution in [1.29, 1.82) is 0 Å². The van der Waals surface area contributed by atoms with Crippen LogP contribution in [0.25, 0.3) is 0 Å². The highest BCUT2D eigenvalue weighted by Crippen LogP contribution is 2.15. The van der Waals surface area contributed by atoms with Crippen molar-refractivity contribution in [2.24, 2.45) is 5.92 Å². The average Bonchev–Trinajstić information content (AvgIpc) is 2.94. The van der Waals surface area contributed by atoms with Gasteiger partial charge in [0.15, 0.2) is 0 Å². The minimum atomic E-state index is -0.919. The molecule has 0 spiro atoms. The highest BCUT2D eigenvalue weighted by atomic mass is 32.1. The number of nitrogens with one attached hydrogen (secondary N) is 2. The van der Waals surface area contributed by atoms with Crippen molar-refractivity contribution in [2.45, 2.75) is 39.2 Å². The molecule has 0 bridgehead atoms. The van der Waals surface area contributed by atoms with Crippen molar-refractivity contribution in [2.75, 3.05) is 13.1 Å². The van der Waals surface area contributed by atoms with Crippen LogP contribution in [0.5, 0.6) is 0 Å². The summed E-state index contributed by atoms with van der Waals surface area (Å²) in [6, 6.07) is 1.70. The molecule has 0 aliphatic heterocycles. The molecule has 1 aromatic heterocycles. The Morgan fingerprint density at radius 1 is 1.38 bits per heavy atom. The maximum atomic E-state index is 11.7. The summed E-state index contributed by atoms with van der Waals surface area (Å²) in [7, 11) is 0. The first kappa shape index (κ1) is 17.7. The van der Waals surface area contributed by atoms with E-state index in [1.165, 1.54) is 11.3 Å². The maximum Gasteiger partial charge on any atom is 0.252 e. The van der Waals surface area contributed by atoms with E-state index in [1.54, 1.807) is 23.8 Å². The summed E-state index contributed by atoms with van der Waals surface area (Å²) in [5.74, 6) is -0.0570. The summed E-state index contributed by atoms with van der Waals surface area (Å²) in [5, 5.41) is 18.9. The van der Waals surface area contributed by atoms with Crippen molar-refractivity contribution in [1.82, 2.24) is 10.6 Å². The van der Waals surface area contributed by atoms with Gasteiger partial charge in [0, 0.05) is 17.5 Å². The predicted octanol–water partition coefficient (Wildman–Crippen LogP) is 1.78. The lowest BCUT2D eigenvalue weighted by molar-refractivity contribution is -0.121. The molecule has 0 saturated carbocycles. The molecular formula is C15H24N2O3S. The van der Waals surface area contributed by atoms with Crippen molar-refractivity contribution in [3.05, 3.63) is 22.4 Å². The van der Waals surface area contributed by atoms with Crippen LogP contribution in [-0.2, 0) is 4.79 Å². The zero-order valence-corrected chi connectivity index (χ0v) is 13.6. The van der Waals surface area contributed by atoms with E-state index < -0.39 is 5.60 Å². The summed E-state index contributed by atoms with van der Waals surface area (Å²) in [5.41, 5.74) is -0.367. The average molecular weight is 312 g/mol. The highest BCUT2D eigenvalue weighted by molar-refractivity contribution is 7.08. The zero-order chi connectivity index (χ0) is 15.9. The standard InChI is InChI=1S/C15H24N2O3S/c1-11(2)4-6-15(3,20)10-17-13(18)8-16-14(19)12-5-7-21-9-12/h5,7,9,11,20H,4,6,8,10H2,1-3H3,(H,16,19)(H,17,18). The molecule has 21 heavy (non-hydrogen) atoms. The third kappa shape index (κ3) is 7.24. The Morgan fingerprint density at radius 2 is 2.10 bits per heavy atom. The van der Waals surface area contributed by atoms with Crippen LogP contribution in [0.15, 0.2) is 16.8 Å². The van der Waals surface area contributed by atoms with Gasteiger partial charge in [0.2, 0.25) is 5.91 Å². The molecule has 0 aliphatic carbocycles. The van der Waals surface area contributed by atoms with Gasteiger partial charge in [-0.15, -0.1) is 0 Å². The SMILES string of the molecule is CC(C)CCC(C)(O)CNC(=O)CNC(=O)c1ccsc1. The van der Waals surface area contributed by atoms with E-state index in [2.05, 4.69) is 24.5 Å². The maximum absolute atomic E-state index is 11.7. The van der Waals surface area contributed by atoms with Crippen molar-refractivity contribution in [3.63, 3.8) is 0 Å². The molecule has 2 amide bonds. The van der Waals surface area contributed by atoms with Gasteiger partial charge in [0.25, 0.3) is 5.91 Å². The first-order chi connectivity index (χ1) is 9.80. The lowest BCUT2D eigenvalue weighted by atomic mass is 9.95. The largest absolute Gasteiger partial charge is 0.388 e. The fraction of sp³-hybridized carbons (Fsp3) is 0.600. The Hall–Kier alpha value is -1.40. The van der Waals surface area contributed by atoms with E-state index in [9.17, 15) is 14.7 Å². The Balaban J connectivity index is 2.26. The van der Waals surface area contributed by atoms with Gasteiger partial charge in [-0.3, -0.25) is 9.59 Å². The second-order valence-corrected chi connectivity index (χ2v) is 6.68. The minimum Gasteiger partial charge on any atom is -0.388 e. The molecule has 1 atom stereocenters. The van der Waals surface area contributed by atoms with Gasteiger partial charge in [0.1, 0.15) is 0 Å². The van der Waals surface area contributed by atoms with E-state index in [4.69, 9.17) is 0 Å². The van der Waals surface area contributed by atoms with Crippen molar-refractivity contribution >= 4 is 23.2 Å². The molecule has 6 heteroatoms. The third-order valence-electron chi connectivity index (χ3n) is 3.12. The Bertz CT molecular complexity index is 455. The van der Waals surface area contributed by atoms with Crippen LogP contribution >= 0.6 is 11.3 Å². The molecular weight excluding hydrogens is 288 g/mol. The van der Waals surface area contributed by atoms with Gasteiger partial charge in [-0.25, -0.2) is 0 Å². The van der Waals surface area contributed by atoms with Gasteiger partial charge in [-0.05, 0) is 37.1 Å². The van der Waals surface area contributed by atoms with E-state index in [0.717, 1.165) is 6.42 Å². The molecule has 0 saturated heterocycles. The van der Waals surface area contributed by atoms with Crippen LogP contribution in [0.3, 0.4) is 0 Å². The van der Waals surface area contributed by atoms with E-state index in [0.29, 0.717) is 17.9 Å². The topological polar surface area (TPSA) is 78.4 Å². The van der Waals surface area contributed by atoms with Gasteiger partial charge in [-0.2, -0.15) is 11.3 Å². The fourth-order valence-electron chi connectivity index (χ4n) is 1.70. The van der Waals surface area contributed by atoms with Crippen LogP contribution in [-0.4, -0.2) is 35.6 Å². The summed E-state index contributed by atoms with van der Waals surface area (Å²) in [4.78, 5) is 23.3. The summed E-state index contributed by atoms with van der Waals surface area (Å²) in [6.07, 6.45) is 1.53. The zero-order valence-electron chi connectivity index (χ0n) is 12.8. The van der Waals surface area contributed by atoms with E-state index in [-0.39, 0.29) is 24.9 Å². The van der Waals surface area contributed by atoms with Crippen LogP contribution in [0.1, 0.15) is 44.0 Å². The number of carbonyl (C=O) groups is 2. The van der Waals surface area contributed by atoms with Gasteiger partial charge < -0.3 is 15.7 Å². The number of hydrogen-bond donors (Lipinski definition) is 3. The molecule has 1 heterocycles. The first-order valence-corrected chi connectivity index (χ1v) is 8.04. The Kier molecular flexibility index (Phi) is 6.84. The molecule has 118 valence electrons.